The molecule has 4 aromatic carbocycles. The highest BCUT2D eigenvalue weighted by Gasteiger charge is 2.63. The van der Waals surface area contributed by atoms with Gasteiger partial charge in [-0.3, -0.25) is 9.69 Å². The SMILES string of the molecule is CC1=CCC[C@@]2(C)[C@@H](CC[C@@]23CN(Cc2ccccc2)C(=O)O3)c2ccc(cc2C(=O)c2ccccc2-c2ccccc2)C[C@@H](O)CC1. The van der Waals surface area contributed by atoms with Gasteiger partial charge in [0.05, 0.1) is 12.6 Å². The number of nitrogens with zero attached hydrogens (tertiary/aromatic N) is 1. The van der Waals surface area contributed by atoms with Crippen LogP contribution in [0.25, 0.3) is 11.1 Å². The molecule has 4 atom stereocenters. The molecule has 4 aliphatic rings. The summed E-state index contributed by atoms with van der Waals surface area (Å²) in [5.41, 5.74) is 6.50. The highest BCUT2D eigenvalue weighted by Crippen LogP contribution is 2.62. The molecule has 3 aliphatic carbocycles. The quantitative estimate of drug-likeness (QED) is 0.175. The molecule has 1 saturated heterocycles. The molecule has 1 amide bonds. The lowest BCUT2D eigenvalue weighted by Gasteiger charge is -2.43. The van der Waals surface area contributed by atoms with Gasteiger partial charge >= 0.3 is 6.09 Å². The van der Waals surface area contributed by atoms with Crippen molar-refractivity contribution in [2.24, 2.45) is 5.41 Å². The molecule has 5 nitrogen and oxygen atoms in total. The second kappa shape index (κ2) is 13.2. The fraction of sp³-hybridized carbons (Fsp3) is 0.349. The molecule has 1 spiro atoms. The number of benzene rings is 4. The Kier molecular flexibility index (Phi) is 8.82. The Morgan fingerprint density at radius 3 is 2.42 bits per heavy atom. The molecule has 246 valence electrons. The van der Waals surface area contributed by atoms with Crippen molar-refractivity contribution in [1.29, 1.82) is 0 Å². The van der Waals surface area contributed by atoms with Gasteiger partial charge in [-0.2, -0.15) is 0 Å². The lowest BCUT2D eigenvalue weighted by molar-refractivity contribution is -0.0373. The van der Waals surface area contributed by atoms with Crippen molar-refractivity contribution in [3.05, 3.63) is 143 Å². The Bertz CT molecular complexity index is 1830. The summed E-state index contributed by atoms with van der Waals surface area (Å²) in [6.07, 6.45) is 6.74. The summed E-state index contributed by atoms with van der Waals surface area (Å²) in [4.78, 5) is 30.3. The van der Waals surface area contributed by atoms with Gasteiger partial charge in [0.1, 0.15) is 5.60 Å². The van der Waals surface area contributed by atoms with Gasteiger partial charge in [0, 0.05) is 23.1 Å². The number of ketones is 1. The van der Waals surface area contributed by atoms with Crippen molar-refractivity contribution in [1.82, 2.24) is 4.90 Å². The molecular formula is C43H45NO4. The topological polar surface area (TPSA) is 66.8 Å². The first-order valence-corrected chi connectivity index (χ1v) is 17.4. The summed E-state index contributed by atoms with van der Waals surface area (Å²) < 4.78 is 6.53. The number of allylic oxidation sites excluding steroid dienone is 2. The standard InChI is InChI=1S/C43H45NO4/c1-30-12-11-24-42(2)39(23-25-43(42)29-44(41(47)48-43)28-31-13-5-3-6-14-31)36-22-20-32(26-34(45)21-19-30)27-38(36)40(46)37-18-10-9-17-35(37)33-15-7-4-8-16-33/h3-10,12-18,20,22,27,34,39,45H,11,19,21,23-26,28-29H2,1-2H3/t34-,39-,42-,43+/m0/s1. The van der Waals surface area contributed by atoms with Crippen LogP contribution < -0.4 is 0 Å². The molecule has 1 N–H and O–H groups in total. The zero-order valence-corrected chi connectivity index (χ0v) is 28.0. The average Bonchev–Trinajstić information content (AvgIpc) is 3.57. The largest absolute Gasteiger partial charge is 0.440 e. The first kappa shape index (κ1) is 32.1. The van der Waals surface area contributed by atoms with Gasteiger partial charge in [-0.05, 0) is 91.7 Å². The molecule has 1 heterocycles. The molecule has 1 saturated carbocycles. The van der Waals surface area contributed by atoms with Crippen molar-refractivity contribution < 1.29 is 19.4 Å². The number of amides is 1. The van der Waals surface area contributed by atoms with E-state index in [-0.39, 0.29) is 17.8 Å². The number of aliphatic hydroxyl groups excluding tert-OH is 1. The normalized spacial score (nSPS) is 25.8. The predicted octanol–water partition coefficient (Wildman–Crippen LogP) is 9.28. The lowest BCUT2D eigenvalue weighted by atomic mass is 9.64. The molecule has 1 aliphatic heterocycles. The van der Waals surface area contributed by atoms with Gasteiger partial charge in [-0.1, -0.05) is 116 Å². The summed E-state index contributed by atoms with van der Waals surface area (Å²) in [6, 6.07) is 34.3. The lowest BCUT2D eigenvalue weighted by Crippen LogP contribution is -2.48. The van der Waals surface area contributed by atoms with E-state index in [1.54, 1.807) is 0 Å². The van der Waals surface area contributed by atoms with Crippen LogP contribution in [0.15, 0.2) is 115 Å². The van der Waals surface area contributed by atoms with Crippen LogP contribution in [0.5, 0.6) is 0 Å². The fourth-order valence-corrected chi connectivity index (χ4v) is 8.60. The van der Waals surface area contributed by atoms with E-state index in [0.29, 0.717) is 37.1 Å². The molecule has 0 aromatic heterocycles. The van der Waals surface area contributed by atoms with E-state index in [2.05, 4.69) is 44.2 Å². The van der Waals surface area contributed by atoms with Crippen LogP contribution in [-0.2, 0) is 17.7 Å². The minimum Gasteiger partial charge on any atom is -0.440 e. The first-order valence-electron chi connectivity index (χ1n) is 17.4. The number of rotatable bonds is 5. The third-order valence-corrected chi connectivity index (χ3v) is 11.3. The van der Waals surface area contributed by atoms with Crippen molar-refractivity contribution in [2.75, 3.05) is 6.54 Å². The van der Waals surface area contributed by atoms with E-state index >= 15 is 0 Å². The summed E-state index contributed by atoms with van der Waals surface area (Å²) in [7, 11) is 0. The summed E-state index contributed by atoms with van der Waals surface area (Å²) in [6.45, 7) is 5.48. The number of carbonyl (C=O) groups excluding carboxylic acids is 2. The molecule has 8 rings (SSSR count). The Hall–Kier alpha value is -4.48. The molecular weight excluding hydrogens is 594 g/mol. The molecule has 48 heavy (non-hydrogen) atoms. The van der Waals surface area contributed by atoms with Crippen LogP contribution in [0.3, 0.4) is 0 Å². The van der Waals surface area contributed by atoms with Gasteiger partial charge < -0.3 is 9.84 Å². The van der Waals surface area contributed by atoms with E-state index in [4.69, 9.17) is 4.74 Å². The first-order chi connectivity index (χ1) is 23.3. The molecule has 0 unspecified atom stereocenters. The smallest absolute Gasteiger partial charge is 0.410 e. The Morgan fingerprint density at radius 1 is 0.896 bits per heavy atom. The number of aliphatic hydroxyl groups is 1. The third-order valence-electron chi connectivity index (χ3n) is 11.3. The maximum absolute atomic E-state index is 14.9. The zero-order chi connectivity index (χ0) is 33.3. The van der Waals surface area contributed by atoms with Crippen molar-refractivity contribution in [2.45, 2.75) is 83.0 Å². The third kappa shape index (κ3) is 6.01. The summed E-state index contributed by atoms with van der Waals surface area (Å²) in [5.74, 6) is -0.0125. The van der Waals surface area contributed by atoms with E-state index in [0.717, 1.165) is 59.9 Å². The van der Waals surface area contributed by atoms with Crippen molar-refractivity contribution in [3.8, 4) is 11.1 Å². The number of fused-ring (bicyclic) bond motifs is 8. The number of carbonyl (C=O) groups is 2. The van der Waals surface area contributed by atoms with E-state index in [1.807, 2.05) is 83.8 Å². The van der Waals surface area contributed by atoms with Gasteiger partial charge in [0.15, 0.2) is 5.78 Å². The fourth-order valence-electron chi connectivity index (χ4n) is 8.60. The highest BCUT2D eigenvalue weighted by molar-refractivity contribution is 6.13. The second-order valence-corrected chi connectivity index (χ2v) is 14.4. The molecule has 4 aromatic rings. The molecule has 2 bridgehead atoms. The van der Waals surface area contributed by atoms with Crippen molar-refractivity contribution >= 4 is 11.9 Å². The number of ether oxygens (including phenoxy) is 1. The summed E-state index contributed by atoms with van der Waals surface area (Å²) >= 11 is 0. The van der Waals surface area contributed by atoms with Crippen LogP contribution in [0, 0.1) is 5.41 Å². The average molecular weight is 640 g/mol. The monoisotopic (exact) mass is 639 g/mol. The zero-order valence-electron chi connectivity index (χ0n) is 28.0. The minimum absolute atomic E-state index is 0.000401. The Labute approximate surface area is 284 Å². The van der Waals surface area contributed by atoms with Crippen LogP contribution in [0.1, 0.15) is 90.9 Å². The molecule has 2 fully saturated rings. The number of hydrogen-bond acceptors (Lipinski definition) is 4. The molecule has 5 heteroatoms. The number of hydrogen-bond donors (Lipinski definition) is 1. The minimum atomic E-state index is -0.667. The van der Waals surface area contributed by atoms with Crippen molar-refractivity contribution in [3.63, 3.8) is 0 Å². The van der Waals surface area contributed by atoms with Gasteiger partial charge in [0.2, 0.25) is 0 Å². The van der Waals surface area contributed by atoms with Crippen LogP contribution in [-0.4, -0.2) is 40.1 Å². The maximum atomic E-state index is 14.9. The van der Waals surface area contributed by atoms with Gasteiger partial charge in [0.25, 0.3) is 0 Å². The van der Waals surface area contributed by atoms with Gasteiger partial charge in [-0.15, -0.1) is 0 Å². The second-order valence-electron chi connectivity index (χ2n) is 14.4. The van der Waals surface area contributed by atoms with Crippen LogP contribution in [0.2, 0.25) is 0 Å². The molecule has 0 radical (unpaired) electrons. The van der Waals surface area contributed by atoms with E-state index in [1.165, 1.54) is 5.57 Å². The Balaban J connectivity index is 1.33. The van der Waals surface area contributed by atoms with Crippen LogP contribution in [0.4, 0.5) is 4.79 Å². The predicted molar refractivity (Wildman–Crippen MR) is 190 cm³/mol. The van der Waals surface area contributed by atoms with E-state index < -0.39 is 17.1 Å². The van der Waals surface area contributed by atoms with Crippen LogP contribution >= 0.6 is 0 Å². The van der Waals surface area contributed by atoms with Gasteiger partial charge in [-0.25, -0.2) is 4.79 Å². The maximum Gasteiger partial charge on any atom is 0.410 e. The van der Waals surface area contributed by atoms with E-state index in [9.17, 15) is 14.7 Å². The summed E-state index contributed by atoms with van der Waals surface area (Å²) in [5, 5.41) is 11.0. The Morgan fingerprint density at radius 2 is 1.62 bits per heavy atom. The highest BCUT2D eigenvalue weighted by atomic mass is 16.6.